The summed E-state index contributed by atoms with van der Waals surface area (Å²) in [7, 11) is 0. The topological polar surface area (TPSA) is 55.8 Å². The molecule has 1 rings (SSSR count). The summed E-state index contributed by atoms with van der Waals surface area (Å²) < 4.78 is 8.20. The smallest absolute Gasteiger partial charge is 0.409 e. The second-order valence-corrected chi connectivity index (χ2v) is 6.70. The quantitative estimate of drug-likeness (QED) is 0.589. The minimum absolute atomic E-state index is 0.155. The van der Waals surface area contributed by atoms with Gasteiger partial charge in [0.25, 0.3) is 0 Å². The van der Waals surface area contributed by atoms with Crippen molar-refractivity contribution in [2.24, 2.45) is 5.92 Å². The Morgan fingerprint density at radius 1 is 1.21 bits per heavy atom. The number of alkyl halides is 3. The Morgan fingerprint density at radius 2 is 1.79 bits per heavy atom. The highest BCUT2D eigenvalue weighted by atomic mass is 35.6. The molecule has 0 radical (unpaired) electrons. The van der Waals surface area contributed by atoms with E-state index in [2.05, 4.69) is 0 Å². The van der Waals surface area contributed by atoms with Crippen molar-refractivity contribution >= 4 is 46.9 Å². The van der Waals surface area contributed by atoms with Crippen molar-refractivity contribution in [1.29, 1.82) is 0 Å². The van der Waals surface area contributed by atoms with Crippen LogP contribution in [-0.4, -0.2) is 47.1 Å². The van der Waals surface area contributed by atoms with Crippen molar-refractivity contribution in [2.75, 3.05) is 26.3 Å². The van der Waals surface area contributed by atoms with Gasteiger partial charge in [0.2, 0.25) is 3.79 Å². The first-order valence-electron chi connectivity index (χ1n) is 5.98. The minimum atomic E-state index is -1.61. The summed E-state index contributed by atoms with van der Waals surface area (Å²) >= 11 is 16.5. The number of carbonyl (C=O) groups is 2. The van der Waals surface area contributed by atoms with E-state index in [0.717, 1.165) is 0 Å². The molecule has 0 unspecified atom stereocenters. The molecule has 19 heavy (non-hydrogen) atoms. The van der Waals surface area contributed by atoms with Gasteiger partial charge in [-0.3, -0.25) is 4.79 Å². The number of likely N-dealkylation sites (tertiary alicyclic amines) is 1. The van der Waals surface area contributed by atoms with Gasteiger partial charge in [0, 0.05) is 13.1 Å². The fraction of sp³-hybridized carbons (Fsp3) is 0.818. The van der Waals surface area contributed by atoms with Crippen LogP contribution in [0.15, 0.2) is 0 Å². The zero-order valence-electron chi connectivity index (χ0n) is 10.5. The molecule has 0 aromatic heterocycles. The van der Waals surface area contributed by atoms with E-state index < -0.39 is 9.89 Å². The van der Waals surface area contributed by atoms with Crippen molar-refractivity contribution in [1.82, 2.24) is 4.90 Å². The predicted molar refractivity (Wildman–Crippen MR) is 72.6 cm³/mol. The summed E-state index contributed by atoms with van der Waals surface area (Å²) in [6.07, 6.45) is 0.581. The Hall–Kier alpha value is -0.390. The van der Waals surface area contributed by atoms with E-state index in [1.165, 1.54) is 4.90 Å². The fourth-order valence-electron chi connectivity index (χ4n) is 1.79. The van der Waals surface area contributed by atoms with E-state index in [-0.39, 0.29) is 18.5 Å². The van der Waals surface area contributed by atoms with Crippen LogP contribution in [0.3, 0.4) is 0 Å². The average Bonchev–Trinajstić information content (AvgIpc) is 2.35. The lowest BCUT2D eigenvalue weighted by Gasteiger charge is -2.30. The number of esters is 1. The Bertz CT molecular complexity index is 324. The van der Waals surface area contributed by atoms with Gasteiger partial charge in [0.15, 0.2) is 0 Å². The summed E-state index contributed by atoms with van der Waals surface area (Å²) in [6.45, 7) is 2.70. The molecular weight excluding hydrogens is 316 g/mol. The third-order valence-corrected chi connectivity index (χ3v) is 3.06. The minimum Gasteiger partial charge on any atom is -0.466 e. The van der Waals surface area contributed by atoms with Crippen LogP contribution < -0.4 is 0 Å². The van der Waals surface area contributed by atoms with Crippen molar-refractivity contribution < 1.29 is 19.1 Å². The molecule has 0 N–H and O–H groups in total. The second kappa shape index (κ2) is 7.41. The van der Waals surface area contributed by atoms with E-state index in [1.807, 2.05) is 0 Å². The van der Waals surface area contributed by atoms with Crippen LogP contribution >= 0.6 is 34.8 Å². The number of hydrogen-bond acceptors (Lipinski definition) is 4. The van der Waals surface area contributed by atoms with Gasteiger partial charge in [-0.1, -0.05) is 34.8 Å². The van der Waals surface area contributed by atoms with Crippen molar-refractivity contribution in [2.45, 2.75) is 23.6 Å². The largest absolute Gasteiger partial charge is 0.466 e. The van der Waals surface area contributed by atoms with Crippen LogP contribution in [0, 0.1) is 5.92 Å². The van der Waals surface area contributed by atoms with Crippen LogP contribution in [0.5, 0.6) is 0 Å². The Morgan fingerprint density at radius 3 is 2.26 bits per heavy atom. The van der Waals surface area contributed by atoms with Crippen molar-refractivity contribution in [3.63, 3.8) is 0 Å². The van der Waals surface area contributed by atoms with Gasteiger partial charge in [0.05, 0.1) is 12.5 Å². The molecular formula is C11H16Cl3NO4. The molecule has 0 aromatic carbocycles. The zero-order valence-corrected chi connectivity index (χ0v) is 12.8. The molecule has 1 heterocycles. The number of carbonyl (C=O) groups excluding carboxylic acids is 2. The maximum absolute atomic E-state index is 11.7. The Labute approximate surface area is 127 Å². The monoisotopic (exact) mass is 331 g/mol. The van der Waals surface area contributed by atoms with Gasteiger partial charge in [-0.25, -0.2) is 4.79 Å². The molecule has 1 aliphatic heterocycles. The van der Waals surface area contributed by atoms with E-state index in [0.29, 0.717) is 32.5 Å². The second-order valence-electron chi connectivity index (χ2n) is 4.18. The summed E-state index contributed by atoms with van der Waals surface area (Å²) in [5, 5.41) is 0. The maximum atomic E-state index is 11.7. The first-order valence-corrected chi connectivity index (χ1v) is 7.12. The van der Waals surface area contributed by atoms with Gasteiger partial charge < -0.3 is 14.4 Å². The van der Waals surface area contributed by atoms with Crippen molar-refractivity contribution in [3.8, 4) is 0 Å². The van der Waals surface area contributed by atoms with Crippen LogP contribution in [0.4, 0.5) is 4.79 Å². The first-order chi connectivity index (χ1) is 8.83. The molecule has 0 aliphatic carbocycles. The van der Waals surface area contributed by atoms with Crippen LogP contribution in [0.1, 0.15) is 19.8 Å². The van der Waals surface area contributed by atoms with E-state index in [4.69, 9.17) is 44.3 Å². The molecule has 1 amide bonds. The molecule has 0 spiro atoms. The van der Waals surface area contributed by atoms with Crippen LogP contribution in [-0.2, 0) is 14.3 Å². The molecule has 1 aliphatic rings. The Kier molecular flexibility index (Phi) is 6.50. The average molecular weight is 333 g/mol. The molecule has 0 saturated carbocycles. The molecule has 1 saturated heterocycles. The molecule has 0 atom stereocenters. The van der Waals surface area contributed by atoms with Gasteiger partial charge in [-0.15, -0.1) is 0 Å². The lowest BCUT2D eigenvalue weighted by atomic mass is 9.97. The fourth-order valence-corrected chi connectivity index (χ4v) is 1.96. The molecule has 8 heteroatoms. The SMILES string of the molecule is CCOC(=O)C1CCN(C(=O)OCC(Cl)(Cl)Cl)CC1. The molecule has 0 aromatic rings. The Balaban J connectivity index is 2.33. The normalized spacial score (nSPS) is 17.2. The van der Waals surface area contributed by atoms with Gasteiger partial charge >= 0.3 is 12.1 Å². The van der Waals surface area contributed by atoms with Gasteiger partial charge in [-0.05, 0) is 19.8 Å². The standard InChI is InChI=1S/C11H16Cl3NO4/c1-2-18-9(16)8-3-5-15(6-4-8)10(17)19-7-11(12,13)14/h8H,2-7H2,1H3. The molecule has 0 bridgehead atoms. The number of halogens is 3. The van der Waals surface area contributed by atoms with E-state index in [9.17, 15) is 9.59 Å². The highest BCUT2D eigenvalue weighted by molar-refractivity contribution is 6.67. The third kappa shape index (κ3) is 6.06. The summed E-state index contributed by atoms with van der Waals surface area (Å²) in [5.41, 5.74) is 0. The molecule has 1 fully saturated rings. The summed E-state index contributed by atoms with van der Waals surface area (Å²) in [4.78, 5) is 24.7. The van der Waals surface area contributed by atoms with Gasteiger partial charge in [-0.2, -0.15) is 0 Å². The number of rotatable bonds is 3. The van der Waals surface area contributed by atoms with Crippen molar-refractivity contribution in [3.05, 3.63) is 0 Å². The van der Waals surface area contributed by atoms with E-state index in [1.54, 1.807) is 6.92 Å². The zero-order chi connectivity index (χ0) is 14.5. The number of nitrogens with zero attached hydrogens (tertiary/aromatic N) is 1. The summed E-state index contributed by atoms with van der Waals surface area (Å²) in [6, 6.07) is 0. The van der Waals surface area contributed by atoms with E-state index >= 15 is 0 Å². The lowest BCUT2D eigenvalue weighted by molar-refractivity contribution is -0.149. The highest BCUT2D eigenvalue weighted by Crippen LogP contribution is 2.26. The number of hydrogen-bond donors (Lipinski definition) is 0. The number of piperidine rings is 1. The highest BCUT2D eigenvalue weighted by Gasteiger charge is 2.30. The number of amides is 1. The maximum Gasteiger partial charge on any atom is 0.409 e. The third-order valence-electron chi connectivity index (χ3n) is 2.73. The number of ether oxygens (including phenoxy) is 2. The first kappa shape index (κ1) is 16.7. The molecule has 110 valence electrons. The molecule has 5 nitrogen and oxygen atoms in total. The van der Waals surface area contributed by atoms with Gasteiger partial charge in [0.1, 0.15) is 6.61 Å². The predicted octanol–water partition coefficient (Wildman–Crippen LogP) is 2.77. The lowest BCUT2D eigenvalue weighted by Crippen LogP contribution is -2.41. The van der Waals surface area contributed by atoms with Crippen LogP contribution in [0.2, 0.25) is 0 Å². The summed E-state index contributed by atoms with van der Waals surface area (Å²) in [5.74, 6) is -0.367. The van der Waals surface area contributed by atoms with Crippen LogP contribution in [0.25, 0.3) is 0 Å².